The highest BCUT2D eigenvalue weighted by atomic mass is 32.2. The van der Waals surface area contributed by atoms with Crippen molar-refractivity contribution in [2.45, 2.75) is 24.1 Å². The topological polar surface area (TPSA) is 129 Å². The predicted octanol–water partition coefficient (Wildman–Crippen LogP) is 2.19. The number of carbonyl (C=O) groups excluding carboxylic acids is 2. The van der Waals surface area contributed by atoms with Crippen LogP contribution in [0.2, 0.25) is 0 Å². The molecule has 0 fully saturated rings. The highest BCUT2D eigenvalue weighted by molar-refractivity contribution is 8.01. The predicted molar refractivity (Wildman–Crippen MR) is 114 cm³/mol. The zero-order chi connectivity index (χ0) is 21.5. The number of hydrogen-bond donors (Lipinski definition) is 2. The molecule has 9 nitrogen and oxygen atoms in total. The molecule has 1 atom stereocenters. The fraction of sp³-hybridized carbons (Fsp3) is 0.250. The molecule has 156 valence electrons. The van der Waals surface area contributed by atoms with E-state index in [0.29, 0.717) is 10.6 Å². The summed E-state index contributed by atoms with van der Waals surface area (Å²) in [5.41, 5.74) is 10.4. The lowest BCUT2D eigenvalue weighted by molar-refractivity contribution is -0.145. The molecule has 0 saturated carbocycles. The van der Waals surface area contributed by atoms with Crippen molar-refractivity contribution < 1.29 is 19.1 Å². The molecule has 1 aromatic heterocycles. The monoisotopic (exact) mass is 427 g/mol. The third-order valence-corrected chi connectivity index (χ3v) is 5.20. The number of ether oxygens (including phenoxy) is 2. The number of nitrogens with two attached hydrogens (primary N) is 1. The van der Waals surface area contributed by atoms with Crippen molar-refractivity contribution >= 4 is 41.6 Å². The van der Waals surface area contributed by atoms with Crippen LogP contribution in [0.1, 0.15) is 25.0 Å². The number of hydrogen-bond acceptors (Lipinski definition) is 10. The van der Waals surface area contributed by atoms with Crippen LogP contribution >= 0.6 is 11.8 Å². The van der Waals surface area contributed by atoms with Crippen molar-refractivity contribution in [1.29, 1.82) is 0 Å². The number of nitrogens with one attached hydrogen (secondary N) is 1. The van der Waals surface area contributed by atoms with Crippen LogP contribution in [0.25, 0.3) is 5.70 Å². The minimum absolute atomic E-state index is 0.0409. The molecule has 0 saturated heterocycles. The fourth-order valence-corrected chi connectivity index (χ4v) is 3.82. The molecular formula is C20H21N5O4S. The third-order valence-electron chi connectivity index (χ3n) is 4.00. The molecule has 2 heterocycles. The van der Waals surface area contributed by atoms with E-state index in [1.807, 2.05) is 30.3 Å². The van der Waals surface area contributed by atoms with Crippen molar-refractivity contribution in [2.24, 2.45) is 10.8 Å². The van der Waals surface area contributed by atoms with E-state index in [1.54, 1.807) is 20.1 Å². The molecule has 1 aromatic carbocycles. The Kier molecular flexibility index (Phi) is 7.02. The minimum Gasteiger partial charge on any atom is -0.465 e. The number of anilines is 1. The Hall–Kier alpha value is -3.40. The van der Waals surface area contributed by atoms with Crippen molar-refractivity contribution in [3.63, 3.8) is 0 Å². The second-order valence-electron chi connectivity index (χ2n) is 5.99. The van der Waals surface area contributed by atoms with Gasteiger partial charge in [0, 0.05) is 11.8 Å². The van der Waals surface area contributed by atoms with Crippen LogP contribution in [-0.2, 0) is 19.1 Å². The molecule has 0 amide bonds. The van der Waals surface area contributed by atoms with E-state index in [4.69, 9.17) is 15.2 Å². The summed E-state index contributed by atoms with van der Waals surface area (Å²) in [4.78, 5) is 33.5. The Morgan fingerprint density at radius 1 is 1.23 bits per heavy atom. The van der Waals surface area contributed by atoms with E-state index >= 15 is 0 Å². The molecule has 0 bridgehead atoms. The van der Waals surface area contributed by atoms with Gasteiger partial charge in [0.25, 0.3) is 0 Å². The van der Waals surface area contributed by atoms with Gasteiger partial charge >= 0.3 is 11.9 Å². The van der Waals surface area contributed by atoms with E-state index in [-0.39, 0.29) is 30.4 Å². The number of carbonyl (C=O) groups is 2. The number of nitrogens with zero attached hydrogens (tertiary/aromatic N) is 3. The molecule has 2 aromatic rings. The zero-order valence-electron chi connectivity index (χ0n) is 16.5. The summed E-state index contributed by atoms with van der Waals surface area (Å²) < 4.78 is 10.2. The lowest BCUT2D eigenvalue weighted by Crippen LogP contribution is -2.32. The molecule has 1 unspecified atom stereocenters. The van der Waals surface area contributed by atoms with Gasteiger partial charge in [-0.3, -0.25) is 4.79 Å². The minimum atomic E-state index is -0.980. The highest BCUT2D eigenvalue weighted by Crippen LogP contribution is 2.40. The SMILES string of the molecule is CCOC(=O)C1=C(N)c2cnc(N/N=C\c3ccccc3)nc2SC1C(=O)OCC. The first-order valence-electron chi connectivity index (χ1n) is 9.26. The number of rotatable bonds is 7. The summed E-state index contributed by atoms with van der Waals surface area (Å²) in [6, 6.07) is 9.53. The summed E-state index contributed by atoms with van der Waals surface area (Å²) >= 11 is 1.06. The van der Waals surface area contributed by atoms with E-state index in [9.17, 15) is 9.59 Å². The van der Waals surface area contributed by atoms with Gasteiger partial charge in [-0.15, -0.1) is 0 Å². The first kappa shape index (κ1) is 21.3. The molecule has 10 heteroatoms. The third kappa shape index (κ3) is 4.77. The average molecular weight is 427 g/mol. The Morgan fingerprint density at radius 2 is 1.97 bits per heavy atom. The normalized spacial score (nSPS) is 15.6. The number of hydrazone groups is 1. The number of aromatic nitrogens is 2. The van der Waals surface area contributed by atoms with Gasteiger partial charge in [-0.25, -0.2) is 20.2 Å². The average Bonchev–Trinajstić information content (AvgIpc) is 2.74. The van der Waals surface area contributed by atoms with Crippen molar-refractivity contribution in [2.75, 3.05) is 18.6 Å². The second kappa shape index (κ2) is 9.88. The molecular weight excluding hydrogens is 406 g/mol. The second-order valence-corrected chi connectivity index (χ2v) is 7.08. The fourth-order valence-electron chi connectivity index (χ4n) is 2.66. The summed E-state index contributed by atoms with van der Waals surface area (Å²) in [7, 11) is 0. The van der Waals surface area contributed by atoms with Crippen LogP contribution < -0.4 is 11.2 Å². The van der Waals surface area contributed by atoms with Gasteiger partial charge in [-0.1, -0.05) is 42.1 Å². The maximum absolute atomic E-state index is 12.5. The highest BCUT2D eigenvalue weighted by Gasteiger charge is 2.39. The number of fused-ring (bicyclic) bond motifs is 1. The molecule has 1 aliphatic heterocycles. The summed E-state index contributed by atoms with van der Waals surface area (Å²) in [6.45, 7) is 3.69. The van der Waals surface area contributed by atoms with Crippen LogP contribution in [-0.4, -0.2) is 46.6 Å². The first-order chi connectivity index (χ1) is 14.5. The van der Waals surface area contributed by atoms with Crippen molar-refractivity contribution in [3.8, 4) is 0 Å². The number of thioether (sulfide) groups is 1. The van der Waals surface area contributed by atoms with Crippen LogP contribution in [0.3, 0.4) is 0 Å². The number of benzene rings is 1. The van der Waals surface area contributed by atoms with Gasteiger partial charge in [0.2, 0.25) is 5.95 Å². The first-order valence-corrected chi connectivity index (χ1v) is 10.1. The number of esters is 2. The lowest BCUT2D eigenvalue weighted by atomic mass is 10.1. The van der Waals surface area contributed by atoms with Crippen LogP contribution in [0.5, 0.6) is 0 Å². The van der Waals surface area contributed by atoms with Gasteiger partial charge in [0.1, 0.15) is 10.3 Å². The van der Waals surface area contributed by atoms with E-state index < -0.39 is 17.2 Å². The Balaban J connectivity index is 1.89. The molecule has 3 N–H and O–H groups in total. The molecule has 3 rings (SSSR count). The quantitative estimate of drug-likeness (QED) is 0.296. The molecule has 30 heavy (non-hydrogen) atoms. The van der Waals surface area contributed by atoms with Gasteiger partial charge in [-0.2, -0.15) is 5.10 Å². The Labute approximate surface area is 177 Å². The molecule has 1 aliphatic rings. The standard InChI is InChI=1S/C20H21N5O4S/c1-3-28-18(26)14-15(21)13-11-22-20(25-23-10-12-8-6-5-7-9-12)24-17(13)30-16(14)19(27)29-4-2/h5-11,16H,3-4,21H2,1-2H3,(H,22,24,25)/b23-10-. The lowest BCUT2D eigenvalue weighted by Gasteiger charge is -2.25. The van der Waals surface area contributed by atoms with Gasteiger partial charge < -0.3 is 15.2 Å². The summed E-state index contributed by atoms with van der Waals surface area (Å²) in [6.07, 6.45) is 3.11. The van der Waals surface area contributed by atoms with Gasteiger partial charge in [-0.05, 0) is 19.4 Å². The zero-order valence-corrected chi connectivity index (χ0v) is 17.3. The van der Waals surface area contributed by atoms with E-state index in [2.05, 4.69) is 20.5 Å². The van der Waals surface area contributed by atoms with E-state index in [0.717, 1.165) is 17.3 Å². The van der Waals surface area contributed by atoms with Crippen LogP contribution in [0.4, 0.5) is 5.95 Å². The van der Waals surface area contributed by atoms with Crippen molar-refractivity contribution in [1.82, 2.24) is 9.97 Å². The summed E-state index contributed by atoms with van der Waals surface area (Å²) in [5.74, 6) is -1.03. The molecule has 0 radical (unpaired) electrons. The van der Waals surface area contributed by atoms with Gasteiger partial charge in [0.15, 0.2) is 0 Å². The van der Waals surface area contributed by atoms with Gasteiger partial charge in [0.05, 0.1) is 30.7 Å². The maximum Gasteiger partial charge on any atom is 0.337 e. The maximum atomic E-state index is 12.5. The van der Waals surface area contributed by atoms with Crippen molar-refractivity contribution in [3.05, 3.63) is 53.2 Å². The van der Waals surface area contributed by atoms with Crippen LogP contribution in [0, 0.1) is 0 Å². The largest absolute Gasteiger partial charge is 0.465 e. The Bertz CT molecular complexity index is 994. The van der Waals surface area contributed by atoms with E-state index in [1.165, 1.54) is 6.20 Å². The Morgan fingerprint density at radius 3 is 2.67 bits per heavy atom. The van der Waals surface area contributed by atoms with Crippen LogP contribution in [0.15, 0.2) is 52.2 Å². The smallest absolute Gasteiger partial charge is 0.337 e. The summed E-state index contributed by atoms with van der Waals surface area (Å²) in [5, 5.41) is 3.57. The molecule has 0 aliphatic carbocycles. The molecule has 0 spiro atoms.